The number of alkyl halides is 1. The summed E-state index contributed by atoms with van der Waals surface area (Å²) in [7, 11) is -3.56. The lowest BCUT2D eigenvalue weighted by molar-refractivity contribution is 0.418. The SMILES string of the molecule is CCN(Cc1ccccn1)S(=O)(=O)c1c(C)csc1CCl. The Balaban J connectivity index is 2.38. The molecule has 4 nitrogen and oxygen atoms in total. The van der Waals surface area contributed by atoms with E-state index in [1.54, 1.807) is 13.1 Å². The number of sulfonamides is 1. The molecule has 0 radical (unpaired) electrons. The van der Waals surface area contributed by atoms with E-state index in [0.717, 1.165) is 11.3 Å². The highest BCUT2D eigenvalue weighted by Crippen LogP contribution is 2.31. The van der Waals surface area contributed by atoms with Gasteiger partial charge in [0.15, 0.2) is 0 Å². The molecule has 0 spiro atoms. The fraction of sp³-hybridized carbons (Fsp3) is 0.357. The summed E-state index contributed by atoms with van der Waals surface area (Å²) in [5.41, 5.74) is 1.47. The van der Waals surface area contributed by atoms with Gasteiger partial charge in [0.25, 0.3) is 0 Å². The number of hydrogen-bond donors (Lipinski definition) is 0. The zero-order valence-corrected chi connectivity index (χ0v) is 14.3. The van der Waals surface area contributed by atoms with Crippen molar-refractivity contribution in [3.05, 3.63) is 45.9 Å². The smallest absolute Gasteiger partial charge is 0.244 e. The Morgan fingerprint density at radius 1 is 1.38 bits per heavy atom. The lowest BCUT2D eigenvalue weighted by atomic mass is 10.3. The first-order valence-corrected chi connectivity index (χ1v) is 9.39. The predicted molar refractivity (Wildman–Crippen MR) is 86.1 cm³/mol. The van der Waals surface area contributed by atoms with Gasteiger partial charge in [0.05, 0.1) is 18.1 Å². The molecule has 0 saturated heterocycles. The van der Waals surface area contributed by atoms with Crippen LogP contribution in [-0.2, 0) is 22.4 Å². The molecule has 2 heterocycles. The average molecular weight is 345 g/mol. The molecule has 0 aliphatic rings. The standard InChI is InChI=1S/C14H17ClN2O2S2/c1-3-17(9-12-6-4-5-7-16-12)21(18,19)14-11(2)10-20-13(14)8-15/h4-7,10H,3,8-9H2,1-2H3. The summed E-state index contributed by atoms with van der Waals surface area (Å²) in [6.07, 6.45) is 1.66. The zero-order chi connectivity index (χ0) is 15.5. The first kappa shape index (κ1) is 16.4. The van der Waals surface area contributed by atoms with Crippen molar-refractivity contribution in [1.29, 1.82) is 0 Å². The van der Waals surface area contributed by atoms with Crippen LogP contribution < -0.4 is 0 Å². The minimum Gasteiger partial charge on any atom is -0.260 e. The number of thiophene rings is 1. The lowest BCUT2D eigenvalue weighted by Crippen LogP contribution is -2.31. The Labute approximate surface area is 134 Å². The molecular weight excluding hydrogens is 328 g/mol. The minimum atomic E-state index is -3.56. The molecule has 2 aromatic rings. The Bertz CT molecular complexity index is 699. The van der Waals surface area contributed by atoms with Gasteiger partial charge in [-0.1, -0.05) is 13.0 Å². The molecule has 0 atom stereocenters. The molecule has 0 aliphatic carbocycles. The maximum atomic E-state index is 12.9. The van der Waals surface area contributed by atoms with Crippen molar-refractivity contribution in [1.82, 2.24) is 9.29 Å². The fourth-order valence-electron chi connectivity index (χ4n) is 2.09. The van der Waals surface area contributed by atoms with Gasteiger partial charge in [-0.05, 0) is 30.0 Å². The third-order valence-electron chi connectivity index (χ3n) is 3.13. The van der Waals surface area contributed by atoms with E-state index >= 15 is 0 Å². The molecular formula is C14H17ClN2O2S2. The van der Waals surface area contributed by atoms with Crippen molar-refractivity contribution in [3.63, 3.8) is 0 Å². The normalized spacial score (nSPS) is 12.0. The number of aryl methyl sites for hydroxylation is 1. The molecule has 0 bridgehead atoms. The van der Waals surface area contributed by atoms with Gasteiger partial charge in [0, 0.05) is 17.6 Å². The molecule has 114 valence electrons. The second-order valence-corrected chi connectivity index (χ2v) is 7.66. The van der Waals surface area contributed by atoms with Crippen molar-refractivity contribution in [3.8, 4) is 0 Å². The monoisotopic (exact) mass is 344 g/mol. The topological polar surface area (TPSA) is 50.3 Å². The maximum Gasteiger partial charge on any atom is 0.244 e. The molecule has 0 aliphatic heterocycles. The van der Waals surface area contributed by atoms with Gasteiger partial charge in [-0.3, -0.25) is 4.98 Å². The number of aromatic nitrogens is 1. The highest BCUT2D eigenvalue weighted by molar-refractivity contribution is 7.89. The van der Waals surface area contributed by atoms with E-state index in [0.29, 0.717) is 16.3 Å². The predicted octanol–water partition coefficient (Wildman–Crippen LogP) is 3.40. The van der Waals surface area contributed by atoms with Crippen LogP contribution in [0.2, 0.25) is 0 Å². The zero-order valence-electron chi connectivity index (χ0n) is 11.9. The summed E-state index contributed by atoms with van der Waals surface area (Å²) in [4.78, 5) is 5.23. The summed E-state index contributed by atoms with van der Waals surface area (Å²) in [5, 5.41) is 1.83. The van der Waals surface area contributed by atoms with Crippen molar-refractivity contribution in [2.45, 2.75) is 31.2 Å². The second-order valence-electron chi connectivity index (χ2n) is 4.56. The Hall–Kier alpha value is -0.950. The first-order valence-electron chi connectivity index (χ1n) is 6.53. The summed E-state index contributed by atoms with van der Waals surface area (Å²) >= 11 is 7.26. The average Bonchev–Trinajstić information content (AvgIpc) is 2.87. The highest BCUT2D eigenvalue weighted by atomic mass is 35.5. The van der Waals surface area contributed by atoms with E-state index in [1.165, 1.54) is 15.6 Å². The van der Waals surface area contributed by atoms with Gasteiger partial charge in [-0.15, -0.1) is 22.9 Å². The van der Waals surface area contributed by atoms with Gasteiger partial charge in [0.2, 0.25) is 10.0 Å². The Kier molecular flexibility index (Phi) is 5.37. The van der Waals surface area contributed by atoms with E-state index < -0.39 is 10.0 Å². The van der Waals surface area contributed by atoms with Crippen LogP contribution in [0.25, 0.3) is 0 Å². The van der Waals surface area contributed by atoms with Crippen molar-refractivity contribution >= 4 is 33.0 Å². The van der Waals surface area contributed by atoms with Crippen molar-refractivity contribution < 1.29 is 8.42 Å². The molecule has 0 amide bonds. The van der Waals surface area contributed by atoms with Gasteiger partial charge in [-0.2, -0.15) is 4.31 Å². The lowest BCUT2D eigenvalue weighted by Gasteiger charge is -2.21. The molecule has 0 N–H and O–H groups in total. The summed E-state index contributed by atoms with van der Waals surface area (Å²) in [6, 6.07) is 5.48. The second kappa shape index (κ2) is 6.87. The number of pyridine rings is 1. The molecule has 21 heavy (non-hydrogen) atoms. The van der Waals surface area contributed by atoms with E-state index in [4.69, 9.17) is 11.6 Å². The fourth-order valence-corrected chi connectivity index (χ4v) is 5.52. The molecule has 0 unspecified atom stereocenters. The van der Waals surface area contributed by atoms with E-state index in [2.05, 4.69) is 4.98 Å². The van der Waals surface area contributed by atoms with E-state index in [1.807, 2.05) is 30.5 Å². The van der Waals surface area contributed by atoms with Crippen LogP contribution in [-0.4, -0.2) is 24.3 Å². The van der Waals surface area contributed by atoms with E-state index in [-0.39, 0.29) is 12.4 Å². The largest absolute Gasteiger partial charge is 0.260 e. The van der Waals surface area contributed by atoms with Gasteiger partial charge in [-0.25, -0.2) is 8.42 Å². The van der Waals surface area contributed by atoms with Crippen LogP contribution in [0.4, 0.5) is 0 Å². The van der Waals surface area contributed by atoms with Crippen LogP contribution >= 0.6 is 22.9 Å². The van der Waals surface area contributed by atoms with Gasteiger partial charge < -0.3 is 0 Å². The third-order valence-corrected chi connectivity index (χ3v) is 6.94. The van der Waals surface area contributed by atoms with Crippen LogP contribution in [0, 0.1) is 6.92 Å². The van der Waals surface area contributed by atoms with Crippen molar-refractivity contribution in [2.24, 2.45) is 0 Å². The molecule has 7 heteroatoms. The molecule has 2 aromatic heterocycles. The summed E-state index contributed by atoms with van der Waals surface area (Å²) in [5.74, 6) is 0.203. The van der Waals surface area contributed by atoms with E-state index in [9.17, 15) is 8.42 Å². The van der Waals surface area contributed by atoms with Crippen molar-refractivity contribution in [2.75, 3.05) is 6.54 Å². The third kappa shape index (κ3) is 3.45. The number of hydrogen-bond acceptors (Lipinski definition) is 4. The number of rotatable bonds is 6. The summed E-state index contributed by atoms with van der Waals surface area (Å²) in [6.45, 7) is 4.27. The van der Waals surface area contributed by atoms with Crippen LogP contribution in [0.15, 0.2) is 34.7 Å². The van der Waals surface area contributed by atoms with Gasteiger partial charge >= 0.3 is 0 Å². The van der Waals surface area contributed by atoms with Gasteiger partial charge in [0.1, 0.15) is 4.90 Å². The summed E-state index contributed by atoms with van der Waals surface area (Å²) < 4.78 is 27.2. The maximum absolute atomic E-state index is 12.9. The van der Waals surface area contributed by atoms with Crippen LogP contribution in [0.3, 0.4) is 0 Å². The number of nitrogens with zero attached hydrogens (tertiary/aromatic N) is 2. The first-order chi connectivity index (χ1) is 10.0. The Morgan fingerprint density at radius 2 is 2.14 bits per heavy atom. The molecule has 0 aromatic carbocycles. The highest BCUT2D eigenvalue weighted by Gasteiger charge is 2.29. The number of halogens is 1. The molecule has 0 fully saturated rings. The molecule has 2 rings (SSSR count). The Morgan fingerprint density at radius 3 is 2.71 bits per heavy atom. The van der Waals surface area contributed by atoms with Crippen LogP contribution in [0.1, 0.15) is 23.1 Å². The van der Waals surface area contributed by atoms with Crippen LogP contribution in [0.5, 0.6) is 0 Å². The molecule has 0 saturated carbocycles. The quantitative estimate of drug-likeness (QED) is 0.754. The minimum absolute atomic E-state index is 0.203.